The van der Waals surface area contributed by atoms with Crippen LogP contribution >= 0.6 is 0 Å². The third-order valence-electron chi connectivity index (χ3n) is 13.4. The van der Waals surface area contributed by atoms with E-state index in [0.29, 0.717) is 78.5 Å². The third kappa shape index (κ3) is 13.9. The lowest BCUT2D eigenvalue weighted by Crippen LogP contribution is -2.23. The summed E-state index contributed by atoms with van der Waals surface area (Å²) in [5.41, 5.74) is 11.3. The van der Waals surface area contributed by atoms with Crippen LogP contribution in [-0.2, 0) is 29.5 Å². The second-order valence-corrected chi connectivity index (χ2v) is 21.9. The Balaban J connectivity index is 0.000000151. The van der Waals surface area contributed by atoms with E-state index in [0.717, 1.165) is 74.4 Å². The minimum Gasteiger partial charge on any atom is -0.508 e. The van der Waals surface area contributed by atoms with Gasteiger partial charge in [-0.3, -0.25) is 14.0 Å². The van der Waals surface area contributed by atoms with Crippen LogP contribution in [0.1, 0.15) is 29.5 Å². The van der Waals surface area contributed by atoms with Gasteiger partial charge in [0, 0.05) is 103 Å². The second-order valence-electron chi connectivity index (χ2n) is 20.0. The number of β-amino-alcohol motifs (C(OH)–C–C–N with tert-alkyl or cyclic N) is 2. The number of nitriles is 3. The zero-order chi connectivity index (χ0) is 59.7. The quantitative estimate of drug-likeness (QED) is 0.0944. The van der Waals surface area contributed by atoms with E-state index in [1.165, 1.54) is 10.9 Å². The fourth-order valence-electron chi connectivity index (χ4n) is 9.65. The fraction of sp³-hybridized carbons (Fsp3) is 0.288. The highest BCUT2D eigenvalue weighted by molar-refractivity contribution is 7.90. The SMILES string of the molecule is COc1cc(C)cc(-c2nn(CC#N)cc2-c2ccnc(N3CC[C@H](O)C3)n2)c1.COc1cc(C)cc(-c2nn(CC#N)cc2-c2ccnc(S(C)(=O)=O)n2)c1.Cc1cc(O)cc(-c2nn(CC#N)cc2-c2ccnc(N3CC[C@H](O)C3)n2)c1. The van der Waals surface area contributed by atoms with Gasteiger partial charge in [0.05, 0.1) is 61.7 Å². The maximum atomic E-state index is 11.8. The van der Waals surface area contributed by atoms with E-state index in [1.54, 1.807) is 72.6 Å². The Hall–Kier alpha value is -10.1. The van der Waals surface area contributed by atoms with Crippen LogP contribution in [0, 0.1) is 54.8 Å². The van der Waals surface area contributed by atoms with Crippen LogP contribution in [0.3, 0.4) is 0 Å². The molecule has 11 rings (SSSR count). The molecule has 0 bridgehead atoms. The number of benzene rings is 3. The van der Waals surface area contributed by atoms with Crippen molar-refractivity contribution in [3.05, 3.63) is 127 Å². The van der Waals surface area contributed by atoms with Crippen molar-refractivity contribution in [3.8, 4) is 103 Å². The molecule has 0 aliphatic carbocycles. The van der Waals surface area contributed by atoms with E-state index < -0.39 is 9.84 Å². The monoisotopic (exact) mass is 1150 g/mol. The number of aliphatic hydroxyl groups excluding tert-OH is 2. The van der Waals surface area contributed by atoms with Crippen molar-refractivity contribution in [1.82, 2.24) is 59.2 Å². The van der Waals surface area contributed by atoms with Gasteiger partial charge in [-0.25, -0.2) is 38.3 Å². The van der Waals surface area contributed by atoms with E-state index in [1.807, 2.05) is 91.4 Å². The Bertz CT molecular complexity index is 4080. The Morgan fingerprint density at radius 2 is 0.940 bits per heavy atom. The number of nitrogens with zero attached hydrogens (tertiary/aromatic N) is 17. The summed E-state index contributed by atoms with van der Waals surface area (Å²) in [7, 11) is -0.340. The smallest absolute Gasteiger partial charge is 0.247 e. The number of hydrogen-bond donors (Lipinski definition) is 3. The minimum absolute atomic E-state index is 0.0555. The molecule has 428 valence electrons. The highest BCUT2D eigenvalue weighted by Crippen LogP contribution is 2.37. The first-order valence-electron chi connectivity index (χ1n) is 26.4. The standard InChI is InChI=1S/C21H22N6O2.C20H20N6O2.C18H17N5O3S/c1-14-9-15(11-17(10-14)29-2)20-18(13-27(25-20)8-5-22)19-3-6-23-21(24-19)26-7-4-16(28)12-26;1-13-8-14(10-16(28)9-13)19-17(12-26(24-19)7-4-21)18-2-5-22-20(23-18)25-6-3-15(27)11-25;1-12-8-13(10-14(9-12)26-2)17-15(11-23(22-17)7-5-19)16-4-6-20-18(21-16)27(3,24)25/h3,6,9-11,13,16,28H,4,7-8,12H2,1-2H3;2,5,8-10,12,15,27-28H,3,6-7,11H2,1H3;4,6,8-11H,7H2,1-3H3/t16-;15-;/m00./s1. The van der Waals surface area contributed by atoms with Crippen molar-refractivity contribution in [3.63, 3.8) is 0 Å². The largest absolute Gasteiger partial charge is 0.508 e. The fourth-order valence-corrected chi connectivity index (χ4v) is 10.2. The third-order valence-corrected chi connectivity index (χ3v) is 14.3. The van der Waals surface area contributed by atoms with Crippen LogP contribution in [-0.4, -0.2) is 142 Å². The molecule has 0 spiro atoms. The zero-order valence-corrected chi connectivity index (χ0v) is 47.7. The Kier molecular flexibility index (Phi) is 17.9. The van der Waals surface area contributed by atoms with Gasteiger partial charge in [-0.2, -0.15) is 31.1 Å². The molecule has 2 aliphatic rings. The van der Waals surface area contributed by atoms with Crippen LogP contribution in [0.5, 0.6) is 17.2 Å². The van der Waals surface area contributed by atoms with Crippen molar-refractivity contribution in [1.29, 1.82) is 15.8 Å². The topological polar surface area (TPSA) is 322 Å². The van der Waals surface area contributed by atoms with Crippen molar-refractivity contribution in [2.45, 2.75) is 70.6 Å². The first-order valence-corrected chi connectivity index (χ1v) is 28.3. The molecule has 6 aromatic heterocycles. The Labute approximate surface area is 484 Å². The summed E-state index contributed by atoms with van der Waals surface area (Å²) in [6.07, 6.45) is 11.8. The summed E-state index contributed by atoms with van der Waals surface area (Å²) < 4.78 is 39.0. The van der Waals surface area contributed by atoms with E-state index in [4.69, 9.17) is 30.2 Å². The number of hydrogen-bond acceptors (Lipinski definition) is 21. The molecule has 8 heterocycles. The van der Waals surface area contributed by atoms with Crippen LogP contribution in [0.15, 0.2) is 115 Å². The van der Waals surface area contributed by atoms with E-state index in [9.17, 15) is 23.7 Å². The maximum absolute atomic E-state index is 11.8. The van der Waals surface area contributed by atoms with E-state index in [2.05, 4.69) is 52.4 Å². The van der Waals surface area contributed by atoms with Gasteiger partial charge in [0.15, 0.2) is 0 Å². The summed E-state index contributed by atoms with van der Waals surface area (Å²) in [5.74, 6) is 2.71. The highest BCUT2D eigenvalue weighted by atomic mass is 32.2. The predicted molar refractivity (Wildman–Crippen MR) is 311 cm³/mol. The van der Waals surface area contributed by atoms with Gasteiger partial charge < -0.3 is 34.6 Å². The summed E-state index contributed by atoms with van der Waals surface area (Å²) in [4.78, 5) is 30.0. The molecule has 0 saturated carbocycles. The highest BCUT2D eigenvalue weighted by Gasteiger charge is 2.26. The Morgan fingerprint density at radius 1 is 0.560 bits per heavy atom. The number of aromatic nitrogens is 12. The molecule has 25 heteroatoms. The van der Waals surface area contributed by atoms with Crippen LogP contribution < -0.4 is 19.3 Å². The zero-order valence-electron chi connectivity index (χ0n) is 46.9. The molecule has 2 fully saturated rings. The molecule has 2 saturated heterocycles. The molecule has 3 N–H and O–H groups in total. The normalized spacial score (nSPS) is 14.6. The average molecular weight is 1150 g/mol. The Morgan fingerprint density at radius 3 is 1.30 bits per heavy atom. The number of methoxy groups -OCH3 is 2. The minimum atomic E-state index is -3.55. The van der Waals surface area contributed by atoms with Crippen LogP contribution in [0.4, 0.5) is 11.9 Å². The predicted octanol–water partition coefficient (Wildman–Crippen LogP) is 6.79. The maximum Gasteiger partial charge on any atom is 0.247 e. The number of rotatable bonds is 14. The summed E-state index contributed by atoms with van der Waals surface area (Å²) >= 11 is 0. The number of phenolic OH excluding ortho intramolecular Hbond substituents is 1. The molecule has 0 amide bonds. The first-order chi connectivity index (χ1) is 40.4. The lowest BCUT2D eigenvalue weighted by molar-refractivity contribution is 0.198. The van der Waals surface area contributed by atoms with Crippen molar-refractivity contribution < 1.29 is 33.2 Å². The van der Waals surface area contributed by atoms with E-state index in [-0.39, 0.29) is 42.7 Å². The number of aliphatic hydroxyl groups is 2. The lowest BCUT2D eigenvalue weighted by Gasteiger charge is -2.15. The molecule has 3 aromatic carbocycles. The summed E-state index contributed by atoms with van der Waals surface area (Å²) in [6, 6.07) is 28.3. The van der Waals surface area contributed by atoms with Crippen molar-refractivity contribution in [2.24, 2.45) is 0 Å². The van der Waals surface area contributed by atoms with Crippen LogP contribution in [0.25, 0.3) is 67.5 Å². The number of phenols is 1. The van der Waals surface area contributed by atoms with Gasteiger partial charge in [0.2, 0.25) is 26.9 Å². The molecule has 84 heavy (non-hydrogen) atoms. The molecule has 0 unspecified atom stereocenters. The molecule has 2 atom stereocenters. The lowest BCUT2D eigenvalue weighted by atomic mass is 10.0. The van der Waals surface area contributed by atoms with Gasteiger partial charge in [-0.1, -0.05) is 0 Å². The van der Waals surface area contributed by atoms with Crippen LogP contribution in [0.2, 0.25) is 0 Å². The number of ether oxygens (including phenoxy) is 2. The summed E-state index contributed by atoms with van der Waals surface area (Å²) in [6.45, 7) is 8.61. The number of anilines is 2. The molecular weight excluding hydrogens is 1090 g/mol. The van der Waals surface area contributed by atoms with E-state index >= 15 is 0 Å². The van der Waals surface area contributed by atoms with Gasteiger partial charge in [0.1, 0.15) is 54.0 Å². The molecule has 0 radical (unpaired) electrons. The number of aryl methyl sites for hydroxylation is 3. The number of sulfone groups is 1. The molecule has 24 nitrogen and oxygen atoms in total. The molecule has 2 aliphatic heterocycles. The summed E-state index contributed by atoms with van der Waals surface area (Å²) in [5, 5.41) is 70.2. The van der Waals surface area contributed by atoms with Gasteiger partial charge in [-0.15, -0.1) is 0 Å². The average Bonchev–Trinajstić information content (AvgIpc) is 2.62. The molecule has 9 aromatic rings. The second kappa shape index (κ2) is 25.8. The van der Waals surface area contributed by atoms with Gasteiger partial charge in [0.25, 0.3) is 0 Å². The number of aromatic hydroxyl groups is 1. The van der Waals surface area contributed by atoms with Crippen molar-refractivity contribution >= 4 is 21.7 Å². The van der Waals surface area contributed by atoms with Crippen molar-refractivity contribution in [2.75, 3.05) is 56.5 Å². The molecular formula is C59H59N17O7S. The van der Waals surface area contributed by atoms with Gasteiger partial charge in [-0.05, 0) is 123 Å². The first kappa shape index (κ1) is 58.5. The van der Waals surface area contributed by atoms with Gasteiger partial charge >= 0.3 is 0 Å².